The fraction of sp³-hybridized carbons (Fsp3) is 0.222. The van der Waals surface area contributed by atoms with Gasteiger partial charge in [-0.15, -0.1) is 0 Å². The lowest BCUT2D eigenvalue weighted by atomic mass is 10.5. The normalized spacial score (nSPS) is 10.4. The number of nitrogens with one attached hydrogen (secondary N) is 1. The van der Waals surface area contributed by atoms with E-state index in [1.807, 2.05) is 0 Å². The van der Waals surface area contributed by atoms with Crippen LogP contribution in [0.1, 0.15) is 0 Å². The van der Waals surface area contributed by atoms with E-state index >= 15 is 0 Å². The average Bonchev–Trinajstić information content (AvgIpc) is 2.32. The summed E-state index contributed by atoms with van der Waals surface area (Å²) in [7, 11) is 1.48. The molecule has 2 aromatic heterocycles. The molecule has 0 aliphatic rings. The topological polar surface area (TPSA) is 110 Å². The first-order valence-electron chi connectivity index (χ1n) is 4.73. The highest BCUT2D eigenvalue weighted by Crippen LogP contribution is 2.04. The molecule has 0 bridgehead atoms. The Balaban J connectivity index is 2.54. The zero-order valence-electron chi connectivity index (χ0n) is 8.91. The molecular formula is C9H9N5O3. The minimum Gasteiger partial charge on any atom is -0.480 e. The van der Waals surface area contributed by atoms with Gasteiger partial charge in [-0.3, -0.25) is 14.2 Å². The molecule has 88 valence electrons. The van der Waals surface area contributed by atoms with E-state index in [1.54, 1.807) is 0 Å². The number of carbonyl (C=O) groups is 1. The third-order valence-electron chi connectivity index (χ3n) is 2.11. The van der Waals surface area contributed by atoms with Gasteiger partial charge in [-0.25, -0.2) is 9.97 Å². The molecule has 8 nitrogen and oxygen atoms in total. The van der Waals surface area contributed by atoms with Gasteiger partial charge in [-0.1, -0.05) is 0 Å². The van der Waals surface area contributed by atoms with Gasteiger partial charge in [0.05, 0.1) is 0 Å². The molecule has 0 atom stereocenters. The molecule has 2 rings (SSSR count). The van der Waals surface area contributed by atoms with E-state index in [0.717, 1.165) is 0 Å². The van der Waals surface area contributed by atoms with Crippen molar-refractivity contribution >= 4 is 23.1 Å². The minimum absolute atomic E-state index is 0.144. The van der Waals surface area contributed by atoms with Crippen LogP contribution in [-0.4, -0.2) is 37.1 Å². The number of nitrogens with zero attached hydrogens (tertiary/aromatic N) is 4. The van der Waals surface area contributed by atoms with Crippen LogP contribution in [0.5, 0.6) is 0 Å². The van der Waals surface area contributed by atoms with Gasteiger partial charge >= 0.3 is 5.97 Å². The first kappa shape index (κ1) is 11.0. The van der Waals surface area contributed by atoms with Crippen LogP contribution >= 0.6 is 0 Å². The largest absolute Gasteiger partial charge is 0.480 e. The van der Waals surface area contributed by atoms with Crippen molar-refractivity contribution in [1.82, 2.24) is 19.5 Å². The second-order valence-electron chi connectivity index (χ2n) is 3.28. The molecule has 0 amide bonds. The summed E-state index contributed by atoms with van der Waals surface area (Å²) in [6.45, 7) is -0.327. The molecule has 2 N–H and O–H groups in total. The van der Waals surface area contributed by atoms with Crippen LogP contribution in [-0.2, 0) is 11.8 Å². The van der Waals surface area contributed by atoms with Gasteiger partial charge < -0.3 is 10.4 Å². The van der Waals surface area contributed by atoms with E-state index in [1.165, 1.54) is 24.0 Å². The van der Waals surface area contributed by atoms with Crippen molar-refractivity contribution in [3.63, 3.8) is 0 Å². The molecule has 0 radical (unpaired) electrons. The van der Waals surface area contributed by atoms with Gasteiger partial charge in [-0.2, -0.15) is 4.98 Å². The van der Waals surface area contributed by atoms with Gasteiger partial charge in [-0.05, 0) is 0 Å². The SMILES string of the molecule is Cn1c(NCC(=O)O)nc2nccnc2c1=O. The van der Waals surface area contributed by atoms with Gasteiger partial charge in [0.1, 0.15) is 6.54 Å². The number of carboxylic acid groups (broad SMARTS) is 1. The van der Waals surface area contributed by atoms with E-state index in [2.05, 4.69) is 20.3 Å². The summed E-state index contributed by atoms with van der Waals surface area (Å²) in [5.74, 6) is -0.899. The van der Waals surface area contributed by atoms with Gasteiger partial charge in [0.25, 0.3) is 5.56 Å². The number of rotatable bonds is 3. The molecule has 8 heteroatoms. The van der Waals surface area contributed by atoms with Crippen LogP contribution in [0.15, 0.2) is 17.2 Å². The predicted octanol–water partition coefficient (Wildman–Crippen LogP) is -0.780. The summed E-state index contributed by atoms with van der Waals surface area (Å²) in [6.07, 6.45) is 2.81. The molecular weight excluding hydrogens is 226 g/mol. The lowest BCUT2D eigenvalue weighted by Gasteiger charge is -2.08. The number of aromatic nitrogens is 4. The molecule has 0 aliphatic heterocycles. The van der Waals surface area contributed by atoms with Crippen molar-refractivity contribution in [3.8, 4) is 0 Å². The van der Waals surface area contributed by atoms with Crippen LogP contribution in [0.3, 0.4) is 0 Å². The molecule has 0 saturated heterocycles. The number of carboxylic acids is 1. The molecule has 0 saturated carbocycles. The number of anilines is 1. The minimum atomic E-state index is -1.04. The highest BCUT2D eigenvalue weighted by molar-refractivity contribution is 5.73. The maximum absolute atomic E-state index is 11.8. The number of fused-ring (bicyclic) bond motifs is 1. The van der Waals surface area contributed by atoms with Crippen molar-refractivity contribution in [1.29, 1.82) is 0 Å². The van der Waals surface area contributed by atoms with Crippen LogP contribution in [0.4, 0.5) is 5.95 Å². The van der Waals surface area contributed by atoms with Gasteiger partial charge in [0.15, 0.2) is 11.2 Å². The van der Waals surface area contributed by atoms with Crippen molar-refractivity contribution in [3.05, 3.63) is 22.7 Å². The molecule has 2 aromatic rings. The molecule has 0 spiro atoms. The number of hydrogen-bond acceptors (Lipinski definition) is 6. The Labute approximate surface area is 95.0 Å². The Morgan fingerprint density at radius 3 is 2.88 bits per heavy atom. The Kier molecular flexibility index (Phi) is 2.69. The predicted molar refractivity (Wildman–Crippen MR) is 58.7 cm³/mol. The number of aliphatic carboxylic acids is 1. The van der Waals surface area contributed by atoms with Gasteiger partial charge in [0.2, 0.25) is 5.95 Å². The van der Waals surface area contributed by atoms with E-state index in [-0.39, 0.29) is 29.2 Å². The maximum atomic E-state index is 11.8. The van der Waals surface area contributed by atoms with Crippen LogP contribution in [0, 0.1) is 0 Å². The van der Waals surface area contributed by atoms with Crippen molar-refractivity contribution in [2.24, 2.45) is 7.05 Å². The van der Waals surface area contributed by atoms with Crippen molar-refractivity contribution < 1.29 is 9.90 Å². The second kappa shape index (κ2) is 4.16. The smallest absolute Gasteiger partial charge is 0.322 e. The zero-order valence-corrected chi connectivity index (χ0v) is 8.91. The van der Waals surface area contributed by atoms with Crippen LogP contribution in [0.2, 0.25) is 0 Å². The Morgan fingerprint density at radius 1 is 1.47 bits per heavy atom. The molecule has 17 heavy (non-hydrogen) atoms. The third-order valence-corrected chi connectivity index (χ3v) is 2.11. The molecule has 0 aromatic carbocycles. The van der Waals surface area contributed by atoms with Crippen LogP contribution in [0.25, 0.3) is 11.2 Å². The quantitative estimate of drug-likeness (QED) is 0.717. The summed E-state index contributed by atoms with van der Waals surface area (Å²) in [5.41, 5.74) is -0.0460. The lowest BCUT2D eigenvalue weighted by Crippen LogP contribution is -2.25. The highest BCUT2D eigenvalue weighted by Gasteiger charge is 2.10. The summed E-state index contributed by atoms with van der Waals surface area (Å²) < 4.78 is 1.19. The van der Waals surface area contributed by atoms with Crippen molar-refractivity contribution in [2.75, 3.05) is 11.9 Å². The lowest BCUT2D eigenvalue weighted by molar-refractivity contribution is -0.134. The average molecular weight is 235 g/mol. The highest BCUT2D eigenvalue weighted by atomic mass is 16.4. The zero-order chi connectivity index (χ0) is 12.4. The standard InChI is InChI=1S/C9H9N5O3/c1-14-8(17)6-7(11-3-2-10-6)13-9(14)12-4-5(15)16/h2-3H,4H2,1H3,(H,15,16)(H,11,12,13). The monoisotopic (exact) mass is 235 g/mol. The Hall–Kier alpha value is -2.51. The summed E-state index contributed by atoms with van der Waals surface area (Å²) in [5, 5.41) is 11.1. The number of hydrogen-bond donors (Lipinski definition) is 2. The van der Waals surface area contributed by atoms with E-state index in [9.17, 15) is 9.59 Å². The summed E-state index contributed by atoms with van der Waals surface area (Å²) >= 11 is 0. The molecule has 2 heterocycles. The summed E-state index contributed by atoms with van der Waals surface area (Å²) in [6, 6.07) is 0. The Morgan fingerprint density at radius 2 is 2.18 bits per heavy atom. The van der Waals surface area contributed by atoms with E-state index in [0.29, 0.717) is 0 Å². The van der Waals surface area contributed by atoms with Crippen molar-refractivity contribution in [2.45, 2.75) is 0 Å². The van der Waals surface area contributed by atoms with E-state index in [4.69, 9.17) is 5.11 Å². The third kappa shape index (κ3) is 2.05. The first-order chi connectivity index (χ1) is 8.09. The fourth-order valence-corrected chi connectivity index (χ4v) is 1.31. The summed E-state index contributed by atoms with van der Waals surface area (Å²) in [4.78, 5) is 34.0. The fourth-order valence-electron chi connectivity index (χ4n) is 1.31. The maximum Gasteiger partial charge on any atom is 0.322 e. The molecule has 0 fully saturated rings. The van der Waals surface area contributed by atoms with Gasteiger partial charge in [0, 0.05) is 19.4 Å². The Bertz CT molecular complexity index is 636. The molecule has 0 aliphatic carbocycles. The second-order valence-corrected chi connectivity index (χ2v) is 3.28. The van der Waals surface area contributed by atoms with E-state index < -0.39 is 5.97 Å². The molecule has 0 unspecified atom stereocenters. The van der Waals surface area contributed by atoms with Crippen LogP contribution < -0.4 is 10.9 Å². The first-order valence-corrected chi connectivity index (χ1v) is 4.73.